The van der Waals surface area contributed by atoms with Gasteiger partial charge in [-0.05, 0) is 76.1 Å². The zero-order valence-corrected chi connectivity index (χ0v) is 26.5. The molecule has 2 amide bonds. The molecule has 3 aromatic heterocycles. The molecular formula is C33H40N10O3. The summed E-state index contributed by atoms with van der Waals surface area (Å²) in [6.45, 7) is 11.6. The molecule has 0 radical (unpaired) electrons. The molecule has 8 rings (SSSR count). The summed E-state index contributed by atoms with van der Waals surface area (Å²) in [6.07, 6.45) is 10.0. The van der Waals surface area contributed by atoms with E-state index in [0.717, 1.165) is 56.3 Å². The first kappa shape index (κ1) is 28.9. The van der Waals surface area contributed by atoms with Crippen LogP contribution >= 0.6 is 0 Å². The number of rotatable bonds is 9. The Hall–Kier alpha value is -4.52. The normalized spacial score (nSPS) is 22.7. The second-order valence-corrected chi connectivity index (χ2v) is 14.0. The molecule has 4 aromatic rings. The van der Waals surface area contributed by atoms with Crippen molar-refractivity contribution >= 4 is 29.1 Å². The van der Waals surface area contributed by atoms with Crippen LogP contribution in [0, 0.1) is 17.3 Å². The Bertz CT molecular complexity index is 1790. The van der Waals surface area contributed by atoms with Crippen molar-refractivity contribution in [1.82, 2.24) is 40.0 Å². The van der Waals surface area contributed by atoms with Crippen LogP contribution < -0.4 is 20.3 Å². The minimum atomic E-state index is -0.295. The van der Waals surface area contributed by atoms with Crippen LogP contribution in [0.1, 0.15) is 67.2 Å². The molecular weight excluding hydrogens is 584 g/mol. The molecule has 1 aromatic carbocycles. The van der Waals surface area contributed by atoms with Gasteiger partial charge in [0.05, 0.1) is 29.6 Å². The number of likely N-dealkylation sites (tertiary alicyclic amines) is 1. The maximum absolute atomic E-state index is 12.1. The van der Waals surface area contributed by atoms with E-state index in [2.05, 4.69) is 42.5 Å². The van der Waals surface area contributed by atoms with E-state index in [1.54, 1.807) is 29.2 Å². The average molecular weight is 625 g/mol. The number of imide groups is 1. The van der Waals surface area contributed by atoms with E-state index in [-0.39, 0.29) is 17.9 Å². The zero-order valence-electron chi connectivity index (χ0n) is 26.5. The number of hydrogen-bond acceptors (Lipinski definition) is 10. The molecule has 6 heterocycles. The molecule has 46 heavy (non-hydrogen) atoms. The number of nitrogens with zero attached hydrogens (tertiary/aromatic N) is 7. The van der Waals surface area contributed by atoms with Crippen LogP contribution in [0.25, 0.3) is 16.9 Å². The molecule has 2 saturated heterocycles. The van der Waals surface area contributed by atoms with Crippen LogP contribution in [0.4, 0.5) is 11.6 Å². The molecule has 240 valence electrons. The summed E-state index contributed by atoms with van der Waals surface area (Å²) in [5.74, 6) is 1.81. The molecule has 0 unspecified atom stereocenters. The van der Waals surface area contributed by atoms with Gasteiger partial charge in [-0.25, -0.2) is 4.98 Å². The van der Waals surface area contributed by atoms with E-state index < -0.39 is 0 Å². The van der Waals surface area contributed by atoms with Gasteiger partial charge in [0.1, 0.15) is 5.69 Å². The predicted molar refractivity (Wildman–Crippen MR) is 172 cm³/mol. The molecule has 13 heteroatoms. The van der Waals surface area contributed by atoms with Gasteiger partial charge in [-0.15, -0.1) is 5.10 Å². The van der Waals surface area contributed by atoms with Crippen molar-refractivity contribution < 1.29 is 14.3 Å². The first-order valence-electron chi connectivity index (χ1n) is 16.4. The second kappa shape index (κ2) is 11.1. The molecule has 1 aliphatic carbocycles. The van der Waals surface area contributed by atoms with Gasteiger partial charge < -0.3 is 19.9 Å². The van der Waals surface area contributed by atoms with E-state index in [1.807, 2.05) is 26.0 Å². The fourth-order valence-electron chi connectivity index (χ4n) is 7.91. The molecule has 1 saturated carbocycles. The number of carbonyl (C=O) groups is 2. The van der Waals surface area contributed by atoms with Crippen LogP contribution in [0.3, 0.4) is 0 Å². The Kier molecular flexibility index (Phi) is 6.96. The molecule has 0 bridgehead atoms. The monoisotopic (exact) mass is 624 g/mol. The SMILES string of the molecule is CC(C)Oc1c(-c2cn[nH]c2)ncc2nc(N[C@H]3CCN(CCC4CC5(C4)CN(c4ccc6c(c4)C(=O)NC6=O)C5)C[C@H]3C)nn12. The van der Waals surface area contributed by atoms with Crippen molar-refractivity contribution in [3.05, 3.63) is 47.9 Å². The lowest BCUT2D eigenvalue weighted by atomic mass is 9.57. The van der Waals surface area contributed by atoms with Crippen LogP contribution in [-0.4, -0.2) is 91.4 Å². The van der Waals surface area contributed by atoms with Gasteiger partial charge in [0.25, 0.3) is 11.8 Å². The molecule has 3 N–H and O–H groups in total. The van der Waals surface area contributed by atoms with E-state index in [9.17, 15) is 9.59 Å². The van der Waals surface area contributed by atoms with Gasteiger partial charge in [0.15, 0.2) is 5.65 Å². The van der Waals surface area contributed by atoms with Crippen LogP contribution in [0.2, 0.25) is 0 Å². The minimum absolute atomic E-state index is 0.0493. The van der Waals surface area contributed by atoms with Crippen LogP contribution in [-0.2, 0) is 0 Å². The summed E-state index contributed by atoms with van der Waals surface area (Å²) in [4.78, 5) is 38.2. The summed E-state index contributed by atoms with van der Waals surface area (Å²) in [7, 11) is 0. The zero-order chi connectivity index (χ0) is 31.6. The quantitative estimate of drug-likeness (QED) is 0.236. The van der Waals surface area contributed by atoms with Gasteiger partial charge >= 0.3 is 0 Å². The molecule has 1 spiro atoms. The fourth-order valence-corrected chi connectivity index (χ4v) is 7.91. The topological polar surface area (TPSA) is 146 Å². The van der Waals surface area contributed by atoms with Gasteiger partial charge in [-0.2, -0.15) is 14.6 Å². The number of aromatic nitrogens is 6. The maximum Gasteiger partial charge on any atom is 0.259 e. The smallest absolute Gasteiger partial charge is 0.259 e. The van der Waals surface area contributed by atoms with E-state index in [0.29, 0.717) is 51.7 Å². The molecule has 4 aliphatic rings. The number of ether oxygens (including phenoxy) is 1. The van der Waals surface area contributed by atoms with Crippen molar-refractivity contribution in [3.63, 3.8) is 0 Å². The van der Waals surface area contributed by atoms with Crippen molar-refractivity contribution in [3.8, 4) is 17.1 Å². The van der Waals surface area contributed by atoms with Gasteiger partial charge in [-0.1, -0.05) is 6.92 Å². The Balaban J connectivity index is 0.820. The highest BCUT2D eigenvalue weighted by atomic mass is 16.5. The summed E-state index contributed by atoms with van der Waals surface area (Å²) < 4.78 is 7.88. The number of carbonyl (C=O) groups excluding carboxylic acids is 2. The molecule has 2 atom stereocenters. The third-order valence-corrected chi connectivity index (χ3v) is 10.2. The Morgan fingerprint density at radius 1 is 1.13 bits per heavy atom. The number of H-pyrrole nitrogens is 1. The average Bonchev–Trinajstić information content (AvgIpc) is 3.72. The number of nitrogens with one attached hydrogen (secondary N) is 3. The largest absolute Gasteiger partial charge is 0.473 e. The van der Waals surface area contributed by atoms with E-state index in [4.69, 9.17) is 14.8 Å². The van der Waals surface area contributed by atoms with Gasteiger partial charge in [-0.3, -0.25) is 20.0 Å². The number of piperidine rings is 1. The summed E-state index contributed by atoms with van der Waals surface area (Å²) in [5, 5.41) is 17.7. The van der Waals surface area contributed by atoms with Crippen LogP contribution in [0.5, 0.6) is 5.88 Å². The number of anilines is 2. The second-order valence-electron chi connectivity index (χ2n) is 14.0. The first-order chi connectivity index (χ1) is 22.2. The number of fused-ring (bicyclic) bond motifs is 2. The lowest BCUT2D eigenvalue weighted by Gasteiger charge is -2.60. The standard InChI is InChI=1S/C33H40N10O3/c1-19(2)46-31-28(22-13-35-36-14-22)34-15-27-38-32(40-43(27)31)37-26-7-9-41(16-20(26)3)8-6-21-11-33(12-21)17-42(18-33)23-4-5-24-25(10-23)30(45)39-29(24)44/h4-5,10,13-15,19-21,26H,6-9,11-12,16-18H2,1-3H3,(H,35,36)(H,37,40)(H,39,44,45)/t20-,26+/m1/s1. The van der Waals surface area contributed by atoms with Crippen molar-refractivity contribution in [2.75, 3.05) is 42.9 Å². The Morgan fingerprint density at radius 2 is 1.96 bits per heavy atom. The van der Waals surface area contributed by atoms with Crippen molar-refractivity contribution in [1.29, 1.82) is 0 Å². The number of benzene rings is 1. The summed E-state index contributed by atoms with van der Waals surface area (Å²) in [5.41, 5.74) is 4.59. The first-order valence-corrected chi connectivity index (χ1v) is 16.4. The van der Waals surface area contributed by atoms with Crippen molar-refractivity contribution in [2.45, 2.75) is 58.6 Å². The maximum atomic E-state index is 12.1. The van der Waals surface area contributed by atoms with Crippen molar-refractivity contribution in [2.24, 2.45) is 17.3 Å². The third-order valence-electron chi connectivity index (χ3n) is 10.2. The molecule has 13 nitrogen and oxygen atoms in total. The summed E-state index contributed by atoms with van der Waals surface area (Å²) >= 11 is 0. The lowest BCUT2D eigenvalue weighted by molar-refractivity contribution is 0.0118. The van der Waals surface area contributed by atoms with Gasteiger partial charge in [0.2, 0.25) is 11.8 Å². The Labute approximate surface area is 267 Å². The molecule has 3 aliphatic heterocycles. The molecule has 3 fully saturated rings. The highest BCUT2D eigenvalue weighted by Crippen LogP contribution is 2.54. The van der Waals surface area contributed by atoms with Gasteiger partial charge in [0, 0.05) is 55.1 Å². The minimum Gasteiger partial charge on any atom is -0.473 e. The number of amides is 2. The number of aromatic amines is 1. The highest BCUT2D eigenvalue weighted by molar-refractivity contribution is 6.21. The highest BCUT2D eigenvalue weighted by Gasteiger charge is 2.52. The Morgan fingerprint density at radius 3 is 2.72 bits per heavy atom. The van der Waals surface area contributed by atoms with E-state index >= 15 is 0 Å². The predicted octanol–water partition coefficient (Wildman–Crippen LogP) is 3.61. The van der Waals surface area contributed by atoms with E-state index in [1.165, 1.54) is 19.3 Å². The van der Waals surface area contributed by atoms with Crippen LogP contribution in [0.15, 0.2) is 36.8 Å². The number of hydrogen-bond donors (Lipinski definition) is 3. The lowest BCUT2D eigenvalue weighted by Crippen LogP contribution is -2.62. The fraction of sp³-hybridized carbons (Fsp3) is 0.515. The summed E-state index contributed by atoms with van der Waals surface area (Å²) in [6, 6.07) is 5.92. The third kappa shape index (κ3) is 5.16.